The van der Waals surface area contributed by atoms with Crippen LogP contribution in [0.15, 0.2) is 12.4 Å². The molecule has 0 amide bonds. The molecular weight excluding hydrogens is 202 g/mol. The largest absolute Gasteiger partial charge is 0.379 e. The van der Waals surface area contributed by atoms with Gasteiger partial charge in [-0.3, -0.25) is 0 Å². The van der Waals surface area contributed by atoms with E-state index in [9.17, 15) is 0 Å². The third-order valence-electron chi connectivity index (χ3n) is 2.93. The average Bonchev–Trinajstić information content (AvgIpc) is 2.65. The standard InChI is InChI=1S/C12H19N3O/c1-9(2)10-6-11(14-8-13-10)15-12(3)4-5-16-7-12/h6,8-9H,4-5,7H2,1-3H3,(H,13,14,15). The van der Waals surface area contributed by atoms with Gasteiger partial charge in [-0.05, 0) is 19.3 Å². The zero-order chi connectivity index (χ0) is 11.6. The van der Waals surface area contributed by atoms with Crippen molar-refractivity contribution < 1.29 is 4.74 Å². The first-order chi connectivity index (χ1) is 7.59. The SMILES string of the molecule is CC(C)c1cc(NC2(C)CCOC2)ncn1. The number of hydrogen-bond acceptors (Lipinski definition) is 4. The van der Waals surface area contributed by atoms with Crippen molar-refractivity contribution in [1.29, 1.82) is 0 Å². The molecule has 1 aromatic rings. The van der Waals surface area contributed by atoms with E-state index in [0.717, 1.165) is 31.1 Å². The normalized spacial score (nSPS) is 25.0. The van der Waals surface area contributed by atoms with Gasteiger partial charge in [-0.2, -0.15) is 0 Å². The number of rotatable bonds is 3. The molecule has 16 heavy (non-hydrogen) atoms. The molecule has 2 heterocycles. The summed E-state index contributed by atoms with van der Waals surface area (Å²) in [6.07, 6.45) is 2.64. The zero-order valence-electron chi connectivity index (χ0n) is 10.2. The van der Waals surface area contributed by atoms with Crippen LogP contribution >= 0.6 is 0 Å². The van der Waals surface area contributed by atoms with Gasteiger partial charge in [0, 0.05) is 18.4 Å². The summed E-state index contributed by atoms with van der Waals surface area (Å²) in [4.78, 5) is 8.51. The van der Waals surface area contributed by atoms with Crippen LogP contribution in [0.5, 0.6) is 0 Å². The van der Waals surface area contributed by atoms with Crippen molar-refractivity contribution in [2.75, 3.05) is 18.5 Å². The van der Waals surface area contributed by atoms with Crippen LogP contribution in [0.25, 0.3) is 0 Å². The molecule has 88 valence electrons. The lowest BCUT2D eigenvalue weighted by atomic mass is 10.0. The molecule has 2 rings (SSSR count). The Bertz CT molecular complexity index is 359. The van der Waals surface area contributed by atoms with Gasteiger partial charge in [-0.25, -0.2) is 9.97 Å². The minimum atomic E-state index is 0.0165. The Morgan fingerprint density at radius 1 is 1.44 bits per heavy atom. The van der Waals surface area contributed by atoms with Crippen LogP contribution in [0.3, 0.4) is 0 Å². The van der Waals surface area contributed by atoms with Crippen molar-refractivity contribution in [3.8, 4) is 0 Å². The van der Waals surface area contributed by atoms with Gasteiger partial charge in [0.25, 0.3) is 0 Å². The third-order valence-corrected chi connectivity index (χ3v) is 2.93. The highest BCUT2D eigenvalue weighted by molar-refractivity contribution is 5.39. The van der Waals surface area contributed by atoms with E-state index in [1.165, 1.54) is 0 Å². The highest BCUT2D eigenvalue weighted by Crippen LogP contribution is 2.23. The summed E-state index contributed by atoms with van der Waals surface area (Å²) in [5, 5.41) is 3.44. The minimum Gasteiger partial charge on any atom is -0.379 e. The number of nitrogens with zero attached hydrogens (tertiary/aromatic N) is 2. The summed E-state index contributed by atoms with van der Waals surface area (Å²) >= 11 is 0. The molecule has 4 heteroatoms. The summed E-state index contributed by atoms with van der Waals surface area (Å²) in [6.45, 7) is 8.00. The molecule has 0 bridgehead atoms. The lowest BCUT2D eigenvalue weighted by Crippen LogP contribution is -2.35. The third kappa shape index (κ3) is 2.50. The van der Waals surface area contributed by atoms with E-state index in [0.29, 0.717) is 5.92 Å². The first-order valence-corrected chi connectivity index (χ1v) is 5.77. The van der Waals surface area contributed by atoms with Crippen LogP contribution in [-0.2, 0) is 4.74 Å². The Labute approximate surface area is 96.4 Å². The van der Waals surface area contributed by atoms with Gasteiger partial charge in [0.05, 0.1) is 12.1 Å². The second-order valence-electron chi connectivity index (χ2n) is 4.97. The van der Waals surface area contributed by atoms with Crippen molar-refractivity contribution in [3.63, 3.8) is 0 Å². The molecule has 1 aromatic heterocycles. The molecular formula is C12H19N3O. The van der Waals surface area contributed by atoms with Gasteiger partial charge in [0.2, 0.25) is 0 Å². The maximum absolute atomic E-state index is 5.40. The van der Waals surface area contributed by atoms with E-state index in [-0.39, 0.29) is 5.54 Å². The second-order valence-corrected chi connectivity index (χ2v) is 4.97. The van der Waals surface area contributed by atoms with Crippen molar-refractivity contribution in [2.24, 2.45) is 0 Å². The highest BCUT2D eigenvalue weighted by Gasteiger charge is 2.29. The van der Waals surface area contributed by atoms with E-state index in [1.807, 2.05) is 6.07 Å². The Kier molecular flexibility index (Phi) is 3.10. The summed E-state index contributed by atoms with van der Waals surface area (Å²) in [7, 11) is 0. The molecule has 4 nitrogen and oxygen atoms in total. The fourth-order valence-electron chi connectivity index (χ4n) is 1.83. The summed E-state index contributed by atoms with van der Waals surface area (Å²) < 4.78 is 5.40. The molecule has 0 aliphatic carbocycles. The van der Waals surface area contributed by atoms with E-state index in [4.69, 9.17) is 4.74 Å². The van der Waals surface area contributed by atoms with Crippen LogP contribution < -0.4 is 5.32 Å². The smallest absolute Gasteiger partial charge is 0.130 e. The first kappa shape index (κ1) is 11.3. The summed E-state index contributed by atoms with van der Waals surface area (Å²) in [5.74, 6) is 1.32. The number of hydrogen-bond donors (Lipinski definition) is 1. The molecule has 0 aromatic carbocycles. The molecule has 1 fully saturated rings. The Balaban J connectivity index is 2.12. The Hall–Kier alpha value is -1.16. The lowest BCUT2D eigenvalue weighted by Gasteiger charge is -2.24. The van der Waals surface area contributed by atoms with Crippen molar-refractivity contribution in [3.05, 3.63) is 18.1 Å². The monoisotopic (exact) mass is 221 g/mol. The van der Waals surface area contributed by atoms with Crippen molar-refractivity contribution in [2.45, 2.75) is 38.6 Å². The van der Waals surface area contributed by atoms with E-state index in [2.05, 4.69) is 36.1 Å². The van der Waals surface area contributed by atoms with Gasteiger partial charge in [0.15, 0.2) is 0 Å². The molecule has 1 saturated heterocycles. The Morgan fingerprint density at radius 3 is 2.88 bits per heavy atom. The molecule has 0 saturated carbocycles. The van der Waals surface area contributed by atoms with Gasteiger partial charge in [-0.1, -0.05) is 13.8 Å². The predicted molar refractivity (Wildman–Crippen MR) is 63.6 cm³/mol. The second kappa shape index (κ2) is 4.37. The molecule has 1 N–H and O–H groups in total. The number of nitrogens with one attached hydrogen (secondary N) is 1. The quantitative estimate of drug-likeness (QED) is 0.850. The van der Waals surface area contributed by atoms with Gasteiger partial charge < -0.3 is 10.1 Å². The topological polar surface area (TPSA) is 47.0 Å². The van der Waals surface area contributed by atoms with Crippen LogP contribution in [-0.4, -0.2) is 28.7 Å². The van der Waals surface area contributed by atoms with E-state index in [1.54, 1.807) is 6.33 Å². The van der Waals surface area contributed by atoms with Gasteiger partial charge in [-0.15, -0.1) is 0 Å². The van der Waals surface area contributed by atoms with E-state index >= 15 is 0 Å². The highest BCUT2D eigenvalue weighted by atomic mass is 16.5. The summed E-state index contributed by atoms with van der Waals surface area (Å²) in [6, 6.07) is 2.02. The predicted octanol–water partition coefficient (Wildman–Crippen LogP) is 2.19. The Morgan fingerprint density at radius 2 is 2.25 bits per heavy atom. The molecule has 1 aliphatic heterocycles. The zero-order valence-corrected chi connectivity index (χ0v) is 10.2. The van der Waals surface area contributed by atoms with Crippen LogP contribution in [0.1, 0.15) is 38.8 Å². The van der Waals surface area contributed by atoms with Gasteiger partial charge in [0.1, 0.15) is 12.1 Å². The number of aromatic nitrogens is 2. The van der Waals surface area contributed by atoms with Crippen molar-refractivity contribution >= 4 is 5.82 Å². The van der Waals surface area contributed by atoms with Crippen LogP contribution in [0.2, 0.25) is 0 Å². The minimum absolute atomic E-state index is 0.0165. The molecule has 1 unspecified atom stereocenters. The average molecular weight is 221 g/mol. The number of ether oxygens (including phenoxy) is 1. The van der Waals surface area contributed by atoms with Crippen LogP contribution in [0, 0.1) is 0 Å². The fourth-order valence-corrected chi connectivity index (χ4v) is 1.83. The van der Waals surface area contributed by atoms with E-state index < -0.39 is 0 Å². The fraction of sp³-hybridized carbons (Fsp3) is 0.667. The number of anilines is 1. The molecule has 1 atom stereocenters. The molecule has 0 spiro atoms. The maximum Gasteiger partial charge on any atom is 0.130 e. The molecule has 1 aliphatic rings. The molecule has 0 radical (unpaired) electrons. The first-order valence-electron chi connectivity index (χ1n) is 5.77. The van der Waals surface area contributed by atoms with Gasteiger partial charge >= 0.3 is 0 Å². The van der Waals surface area contributed by atoms with Crippen molar-refractivity contribution in [1.82, 2.24) is 9.97 Å². The van der Waals surface area contributed by atoms with Crippen LogP contribution in [0.4, 0.5) is 5.82 Å². The summed E-state index contributed by atoms with van der Waals surface area (Å²) in [5.41, 5.74) is 1.09. The maximum atomic E-state index is 5.40. The lowest BCUT2D eigenvalue weighted by molar-refractivity contribution is 0.185.